The lowest BCUT2D eigenvalue weighted by Crippen LogP contribution is -2.17. The lowest BCUT2D eigenvalue weighted by molar-refractivity contribution is 0.0955. The van der Waals surface area contributed by atoms with Gasteiger partial charge < -0.3 is 14.5 Å². The Kier molecular flexibility index (Phi) is 5.43. The van der Waals surface area contributed by atoms with Gasteiger partial charge in [0.15, 0.2) is 0 Å². The van der Waals surface area contributed by atoms with Crippen LogP contribution in [0, 0.1) is 0 Å². The molecule has 0 aliphatic carbocycles. The van der Waals surface area contributed by atoms with Crippen molar-refractivity contribution >= 4 is 23.2 Å². The van der Waals surface area contributed by atoms with E-state index in [0.717, 1.165) is 22.4 Å². The maximum atomic E-state index is 12.5. The van der Waals surface area contributed by atoms with Gasteiger partial charge >= 0.3 is 0 Å². The smallest absolute Gasteiger partial charge is 0.271 e. The molecule has 0 aliphatic rings. The van der Waals surface area contributed by atoms with Crippen LogP contribution in [0.5, 0.6) is 11.5 Å². The van der Waals surface area contributed by atoms with Gasteiger partial charge in [-0.1, -0.05) is 30.3 Å². The van der Waals surface area contributed by atoms with Crippen LogP contribution in [0.2, 0.25) is 0 Å². The number of aromatic nitrogens is 2. The van der Waals surface area contributed by atoms with E-state index in [1.807, 2.05) is 36.4 Å². The van der Waals surface area contributed by atoms with Crippen molar-refractivity contribution in [1.29, 1.82) is 0 Å². The highest BCUT2D eigenvalue weighted by atomic mass is 16.5. The zero-order chi connectivity index (χ0) is 20.9. The molecule has 4 rings (SSSR count). The van der Waals surface area contributed by atoms with E-state index in [-0.39, 0.29) is 5.91 Å². The fourth-order valence-corrected chi connectivity index (χ4v) is 3.05. The van der Waals surface area contributed by atoms with Crippen LogP contribution in [0.15, 0.2) is 71.8 Å². The first-order valence-corrected chi connectivity index (χ1v) is 9.28. The number of nitrogens with one attached hydrogen (secondary N) is 2. The summed E-state index contributed by atoms with van der Waals surface area (Å²) in [6.45, 7) is 0. The number of aromatic amines is 1. The summed E-state index contributed by atoms with van der Waals surface area (Å²) in [5, 5.41) is 4.05. The van der Waals surface area contributed by atoms with Crippen molar-refractivity contribution in [2.24, 2.45) is 5.10 Å². The number of imidazole rings is 1. The van der Waals surface area contributed by atoms with Crippen LogP contribution >= 0.6 is 0 Å². The zero-order valence-electron chi connectivity index (χ0n) is 16.5. The van der Waals surface area contributed by atoms with Gasteiger partial charge in [-0.15, -0.1) is 0 Å². The summed E-state index contributed by atoms with van der Waals surface area (Å²) in [7, 11) is 3.15. The Labute approximate surface area is 173 Å². The van der Waals surface area contributed by atoms with Crippen molar-refractivity contribution in [3.05, 3.63) is 77.9 Å². The Bertz CT molecular complexity index is 1220. The average Bonchev–Trinajstić information content (AvgIpc) is 3.23. The van der Waals surface area contributed by atoms with E-state index in [2.05, 4.69) is 20.5 Å². The third-order valence-corrected chi connectivity index (χ3v) is 4.60. The Morgan fingerprint density at radius 3 is 2.63 bits per heavy atom. The number of rotatable bonds is 6. The van der Waals surface area contributed by atoms with E-state index in [9.17, 15) is 4.79 Å². The summed E-state index contributed by atoms with van der Waals surface area (Å²) < 4.78 is 10.5. The highest BCUT2D eigenvalue weighted by Gasteiger charge is 2.10. The SMILES string of the molecule is COc1ccc(OC)c(C=NNC(=O)c2ccc3nc(-c4ccccc4)[nH]c3c2)c1. The minimum Gasteiger partial charge on any atom is -0.497 e. The number of carbonyl (C=O) groups is 1. The zero-order valence-corrected chi connectivity index (χ0v) is 16.5. The molecule has 0 aliphatic heterocycles. The van der Waals surface area contributed by atoms with Crippen LogP contribution in [0.4, 0.5) is 0 Å². The summed E-state index contributed by atoms with van der Waals surface area (Å²) >= 11 is 0. The average molecular weight is 400 g/mol. The first-order chi connectivity index (χ1) is 14.7. The molecule has 1 aromatic heterocycles. The molecule has 7 nitrogen and oxygen atoms in total. The topological polar surface area (TPSA) is 88.6 Å². The predicted molar refractivity (Wildman–Crippen MR) is 116 cm³/mol. The standard InChI is InChI=1S/C23H20N4O3/c1-29-18-9-11-21(30-2)17(12-18)14-24-27-23(28)16-8-10-19-20(13-16)26-22(25-19)15-6-4-3-5-7-15/h3-14H,1-2H3,(H,25,26)(H,27,28). The molecule has 150 valence electrons. The predicted octanol–water partition coefficient (Wildman–Crippen LogP) is 4.01. The number of fused-ring (bicyclic) bond motifs is 1. The number of ether oxygens (including phenoxy) is 2. The summed E-state index contributed by atoms with van der Waals surface area (Å²) in [5.41, 5.74) is 6.25. The Hall–Kier alpha value is -4.13. The molecule has 7 heteroatoms. The molecule has 30 heavy (non-hydrogen) atoms. The van der Waals surface area contributed by atoms with E-state index in [0.29, 0.717) is 22.6 Å². The summed E-state index contributed by atoms with van der Waals surface area (Å²) in [6.07, 6.45) is 1.52. The molecule has 0 atom stereocenters. The number of hydrazone groups is 1. The molecule has 0 spiro atoms. The fraction of sp³-hybridized carbons (Fsp3) is 0.0870. The van der Waals surface area contributed by atoms with Crippen LogP contribution in [0.25, 0.3) is 22.4 Å². The largest absolute Gasteiger partial charge is 0.497 e. The second kappa shape index (κ2) is 8.48. The Morgan fingerprint density at radius 2 is 1.87 bits per heavy atom. The van der Waals surface area contributed by atoms with Crippen molar-refractivity contribution in [3.63, 3.8) is 0 Å². The number of carbonyl (C=O) groups excluding carboxylic acids is 1. The molecule has 1 heterocycles. The van der Waals surface area contributed by atoms with E-state index < -0.39 is 0 Å². The van der Waals surface area contributed by atoms with Gasteiger partial charge in [-0.2, -0.15) is 5.10 Å². The lowest BCUT2D eigenvalue weighted by Gasteiger charge is -2.06. The number of amides is 1. The maximum Gasteiger partial charge on any atom is 0.271 e. The molecule has 1 amide bonds. The summed E-state index contributed by atoms with van der Waals surface area (Å²) in [4.78, 5) is 20.4. The van der Waals surface area contributed by atoms with Gasteiger partial charge in [0.25, 0.3) is 5.91 Å². The normalized spacial score (nSPS) is 11.0. The van der Waals surface area contributed by atoms with E-state index >= 15 is 0 Å². The van der Waals surface area contributed by atoms with Gasteiger partial charge in [-0.3, -0.25) is 4.79 Å². The minimum absolute atomic E-state index is 0.328. The molecule has 2 N–H and O–H groups in total. The molecule has 0 saturated heterocycles. The van der Waals surface area contributed by atoms with Crippen LogP contribution in [0.3, 0.4) is 0 Å². The number of nitrogens with zero attached hydrogens (tertiary/aromatic N) is 2. The number of hydrogen-bond donors (Lipinski definition) is 2. The van der Waals surface area contributed by atoms with Crippen molar-refractivity contribution in [3.8, 4) is 22.9 Å². The van der Waals surface area contributed by atoms with Gasteiger partial charge in [0.2, 0.25) is 0 Å². The first-order valence-electron chi connectivity index (χ1n) is 9.28. The van der Waals surface area contributed by atoms with E-state index in [1.165, 1.54) is 6.21 Å². The van der Waals surface area contributed by atoms with Gasteiger partial charge in [-0.25, -0.2) is 10.4 Å². The molecule has 3 aromatic carbocycles. The summed E-state index contributed by atoms with van der Waals surface area (Å²) in [6, 6.07) is 20.4. The van der Waals surface area contributed by atoms with Crippen LogP contribution in [-0.4, -0.2) is 36.3 Å². The highest BCUT2D eigenvalue weighted by Crippen LogP contribution is 2.23. The summed E-state index contributed by atoms with van der Waals surface area (Å²) in [5.74, 6) is 1.72. The number of methoxy groups -OCH3 is 2. The lowest BCUT2D eigenvalue weighted by atomic mass is 10.2. The monoisotopic (exact) mass is 400 g/mol. The molecule has 4 aromatic rings. The van der Waals surface area contributed by atoms with Gasteiger partial charge in [0, 0.05) is 16.7 Å². The van der Waals surface area contributed by atoms with Gasteiger partial charge in [-0.05, 0) is 36.4 Å². The van der Waals surface area contributed by atoms with Crippen LogP contribution in [-0.2, 0) is 0 Å². The molecule has 0 radical (unpaired) electrons. The van der Waals surface area contributed by atoms with Gasteiger partial charge in [0.05, 0.1) is 31.5 Å². The molecule has 0 bridgehead atoms. The molecule has 0 unspecified atom stereocenters. The third kappa shape index (κ3) is 4.00. The van der Waals surface area contributed by atoms with Crippen molar-refractivity contribution < 1.29 is 14.3 Å². The quantitative estimate of drug-likeness (QED) is 0.378. The Morgan fingerprint density at radius 1 is 1.03 bits per heavy atom. The number of benzene rings is 3. The third-order valence-electron chi connectivity index (χ3n) is 4.60. The van der Waals surface area contributed by atoms with E-state index in [1.54, 1.807) is 44.6 Å². The molecular formula is C23H20N4O3. The van der Waals surface area contributed by atoms with Crippen LogP contribution in [0.1, 0.15) is 15.9 Å². The number of H-pyrrole nitrogens is 1. The minimum atomic E-state index is -0.328. The fourth-order valence-electron chi connectivity index (χ4n) is 3.05. The van der Waals surface area contributed by atoms with Crippen LogP contribution < -0.4 is 14.9 Å². The van der Waals surface area contributed by atoms with Gasteiger partial charge in [0.1, 0.15) is 17.3 Å². The maximum absolute atomic E-state index is 12.5. The van der Waals surface area contributed by atoms with E-state index in [4.69, 9.17) is 9.47 Å². The second-order valence-electron chi connectivity index (χ2n) is 6.49. The highest BCUT2D eigenvalue weighted by molar-refractivity contribution is 5.98. The van der Waals surface area contributed by atoms with Crippen molar-refractivity contribution in [2.75, 3.05) is 14.2 Å². The molecule has 0 saturated carbocycles. The second-order valence-corrected chi connectivity index (χ2v) is 6.49. The van der Waals surface area contributed by atoms with Crippen molar-refractivity contribution in [2.45, 2.75) is 0 Å². The first kappa shape index (κ1) is 19.2. The molecule has 0 fully saturated rings. The Balaban J connectivity index is 1.52. The molecular weight excluding hydrogens is 380 g/mol. The number of hydrogen-bond acceptors (Lipinski definition) is 5. The van der Waals surface area contributed by atoms with Crippen molar-refractivity contribution in [1.82, 2.24) is 15.4 Å².